The van der Waals surface area contributed by atoms with Gasteiger partial charge >= 0.3 is 0 Å². The van der Waals surface area contributed by atoms with Gasteiger partial charge in [0.25, 0.3) is 5.91 Å². The van der Waals surface area contributed by atoms with Crippen LogP contribution in [0.4, 0.5) is 5.69 Å². The van der Waals surface area contributed by atoms with Crippen LogP contribution in [0.2, 0.25) is 0 Å². The van der Waals surface area contributed by atoms with E-state index in [0.29, 0.717) is 17.7 Å². The largest absolute Gasteiger partial charge is 0.366 e. The molecule has 2 aromatic carbocycles. The average molecular weight is 363 g/mol. The molecule has 1 aliphatic heterocycles. The van der Waals surface area contributed by atoms with E-state index in [1.54, 1.807) is 11.2 Å². The molecule has 0 radical (unpaired) electrons. The number of ketones is 1. The Kier molecular flexibility index (Phi) is 5.40. The number of aryl methyl sites for hydroxylation is 2. The maximum Gasteiger partial charge on any atom is 0.254 e. The molecule has 0 saturated carbocycles. The van der Waals surface area contributed by atoms with Gasteiger partial charge in [-0.3, -0.25) is 9.59 Å². The lowest BCUT2D eigenvalue weighted by atomic mass is 10.00. The van der Waals surface area contributed by atoms with Crippen LogP contribution in [0.3, 0.4) is 0 Å². The highest BCUT2D eigenvalue weighted by Crippen LogP contribution is 2.26. The van der Waals surface area contributed by atoms with Crippen molar-refractivity contribution in [1.29, 1.82) is 0 Å². The molecule has 1 amide bonds. The van der Waals surface area contributed by atoms with Gasteiger partial charge in [0.05, 0.1) is 18.6 Å². The minimum Gasteiger partial charge on any atom is -0.366 e. The Labute approximate surface area is 160 Å². The number of amides is 1. The minimum absolute atomic E-state index is 0.0436. The fraction of sp³-hybridized carbons (Fsp3) is 0.318. The summed E-state index contributed by atoms with van der Waals surface area (Å²) in [5, 5.41) is 0. The smallest absolute Gasteiger partial charge is 0.254 e. The third-order valence-corrected chi connectivity index (χ3v) is 4.97. The van der Waals surface area contributed by atoms with Crippen LogP contribution in [0.15, 0.2) is 41.4 Å². The summed E-state index contributed by atoms with van der Waals surface area (Å²) in [4.78, 5) is 33.5. The van der Waals surface area contributed by atoms with Crippen LogP contribution in [0.5, 0.6) is 0 Å². The van der Waals surface area contributed by atoms with Crippen LogP contribution >= 0.6 is 0 Å². The summed E-state index contributed by atoms with van der Waals surface area (Å²) in [5.41, 5.74) is 5.01. The quantitative estimate of drug-likeness (QED) is 0.446. The number of aliphatic imine (C=N–C) groups is 1. The van der Waals surface area contributed by atoms with Gasteiger partial charge in [-0.15, -0.1) is 0 Å². The van der Waals surface area contributed by atoms with E-state index in [9.17, 15) is 9.59 Å². The third-order valence-electron chi connectivity index (χ3n) is 4.97. The number of rotatable bonds is 6. The minimum atomic E-state index is -0.0721. The normalized spacial score (nSPS) is 13.3. The van der Waals surface area contributed by atoms with E-state index in [2.05, 4.69) is 11.9 Å². The molecule has 0 unspecified atom stereocenters. The Balaban J connectivity index is 1.77. The van der Waals surface area contributed by atoms with Crippen LogP contribution < -0.4 is 0 Å². The molecule has 0 aliphatic carbocycles. The number of carbonyl (C=O) groups excluding carboxylic acids is 2. The highest BCUT2D eigenvalue weighted by Gasteiger charge is 2.28. The lowest BCUT2D eigenvalue weighted by molar-refractivity contribution is 0.0728. The van der Waals surface area contributed by atoms with Gasteiger partial charge in [0.2, 0.25) is 0 Å². The zero-order valence-electron chi connectivity index (χ0n) is 16.3. The lowest BCUT2D eigenvalue weighted by Gasteiger charge is -2.16. The van der Waals surface area contributed by atoms with Gasteiger partial charge in [0, 0.05) is 31.3 Å². The first-order valence-corrected chi connectivity index (χ1v) is 9.16. The Morgan fingerprint density at radius 3 is 2.67 bits per heavy atom. The third kappa shape index (κ3) is 3.92. The number of nitrogens with zero attached hydrogens (tertiary/aromatic N) is 3. The molecule has 0 bridgehead atoms. The highest BCUT2D eigenvalue weighted by atomic mass is 16.2. The Bertz CT molecular complexity index is 918. The number of fused-ring (bicyclic) bond motifs is 1. The maximum absolute atomic E-state index is 12.9. The molecule has 0 saturated heterocycles. The summed E-state index contributed by atoms with van der Waals surface area (Å²) in [6.07, 6.45) is 1.80. The molecule has 3 rings (SSSR count). The number of hydrogen-bond acceptors (Lipinski definition) is 3. The molecule has 0 N–H and O–H groups in total. The van der Waals surface area contributed by atoms with Crippen molar-refractivity contribution < 1.29 is 9.59 Å². The Morgan fingerprint density at radius 1 is 1.22 bits per heavy atom. The fourth-order valence-corrected chi connectivity index (χ4v) is 3.18. The van der Waals surface area contributed by atoms with Crippen molar-refractivity contribution in [3.05, 3.63) is 64.2 Å². The van der Waals surface area contributed by atoms with Gasteiger partial charge < -0.3 is 9.80 Å². The Morgan fingerprint density at radius 2 is 1.96 bits per heavy atom. The van der Waals surface area contributed by atoms with Crippen LogP contribution in [-0.2, 0) is 6.54 Å². The monoisotopic (exact) mass is 363 g/mol. The van der Waals surface area contributed by atoms with Crippen molar-refractivity contribution in [2.45, 2.75) is 27.3 Å². The van der Waals surface area contributed by atoms with E-state index in [1.807, 2.05) is 62.2 Å². The van der Waals surface area contributed by atoms with Crippen molar-refractivity contribution in [3.8, 4) is 0 Å². The van der Waals surface area contributed by atoms with E-state index in [0.717, 1.165) is 28.9 Å². The van der Waals surface area contributed by atoms with Crippen molar-refractivity contribution in [3.63, 3.8) is 0 Å². The van der Waals surface area contributed by atoms with E-state index in [-0.39, 0.29) is 18.2 Å². The van der Waals surface area contributed by atoms with Gasteiger partial charge in [-0.1, -0.05) is 18.2 Å². The molecule has 2 aromatic rings. The number of Topliss-reactive ketones (excluding diaryl/α,β-unsaturated/α-hetero) is 1. The summed E-state index contributed by atoms with van der Waals surface area (Å²) in [5.74, 6) is -0.116. The van der Waals surface area contributed by atoms with Gasteiger partial charge in [-0.05, 0) is 55.7 Å². The van der Waals surface area contributed by atoms with Gasteiger partial charge in [0.1, 0.15) is 0 Å². The zero-order chi connectivity index (χ0) is 19.6. The molecule has 0 atom stereocenters. The molecule has 140 valence electrons. The Hall–Kier alpha value is -2.95. The fourth-order valence-electron chi connectivity index (χ4n) is 3.18. The van der Waals surface area contributed by atoms with Gasteiger partial charge in [0.15, 0.2) is 5.78 Å². The van der Waals surface area contributed by atoms with Gasteiger partial charge in [-0.25, -0.2) is 4.99 Å². The second-order valence-electron chi connectivity index (χ2n) is 7.01. The van der Waals surface area contributed by atoms with Crippen LogP contribution in [-0.4, -0.2) is 48.0 Å². The van der Waals surface area contributed by atoms with Gasteiger partial charge in [-0.2, -0.15) is 0 Å². The predicted octanol–water partition coefficient (Wildman–Crippen LogP) is 3.75. The van der Waals surface area contributed by atoms with E-state index < -0.39 is 0 Å². The summed E-state index contributed by atoms with van der Waals surface area (Å²) < 4.78 is 0. The molecule has 1 aliphatic rings. The summed E-state index contributed by atoms with van der Waals surface area (Å²) in [7, 11) is 1.97. The van der Waals surface area contributed by atoms with E-state index >= 15 is 0 Å². The highest BCUT2D eigenvalue weighted by molar-refractivity contribution is 6.05. The molecule has 0 fully saturated rings. The zero-order valence-corrected chi connectivity index (χ0v) is 16.3. The second kappa shape index (κ2) is 7.74. The molecule has 1 heterocycles. The SMILES string of the molecule is CCN(C)C=Nc1cc(C)c(C(=O)CN2Cc3ccccc3C2=O)cc1C. The van der Waals surface area contributed by atoms with E-state index in [4.69, 9.17) is 0 Å². The second-order valence-corrected chi connectivity index (χ2v) is 7.01. The molecule has 5 heteroatoms. The van der Waals surface area contributed by atoms with E-state index in [1.165, 1.54) is 0 Å². The van der Waals surface area contributed by atoms with Crippen molar-refractivity contribution in [2.24, 2.45) is 4.99 Å². The van der Waals surface area contributed by atoms with Crippen molar-refractivity contribution in [1.82, 2.24) is 9.80 Å². The molecule has 5 nitrogen and oxygen atoms in total. The summed E-state index contributed by atoms with van der Waals surface area (Å²) in [6.45, 7) is 7.38. The first-order valence-electron chi connectivity index (χ1n) is 9.16. The number of benzene rings is 2. The molecule has 27 heavy (non-hydrogen) atoms. The molecular weight excluding hydrogens is 338 g/mol. The van der Waals surface area contributed by atoms with Crippen molar-refractivity contribution >= 4 is 23.7 Å². The standard InChI is InChI=1S/C22H25N3O2/c1-5-24(4)14-23-20-11-15(2)19(10-16(20)3)21(26)13-25-12-17-8-6-7-9-18(17)22(25)27/h6-11,14H,5,12-13H2,1-4H3. The van der Waals surface area contributed by atoms with Crippen molar-refractivity contribution in [2.75, 3.05) is 20.1 Å². The predicted molar refractivity (Wildman–Crippen MR) is 108 cm³/mol. The van der Waals surface area contributed by atoms with Crippen LogP contribution in [0, 0.1) is 13.8 Å². The van der Waals surface area contributed by atoms with Crippen LogP contribution in [0.25, 0.3) is 0 Å². The first-order chi connectivity index (χ1) is 12.9. The lowest BCUT2D eigenvalue weighted by Crippen LogP contribution is -2.30. The molecular formula is C22H25N3O2. The molecule has 0 spiro atoms. The average Bonchev–Trinajstić information content (AvgIpc) is 2.97. The topological polar surface area (TPSA) is 53.0 Å². The number of hydrogen-bond donors (Lipinski definition) is 0. The molecule has 0 aromatic heterocycles. The maximum atomic E-state index is 12.9. The summed E-state index contributed by atoms with van der Waals surface area (Å²) in [6, 6.07) is 11.3. The van der Waals surface area contributed by atoms with Crippen LogP contribution in [0.1, 0.15) is 44.3 Å². The number of carbonyl (C=O) groups is 2. The first kappa shape index (κ1) is 18.8. The summed E-state index contributed by atoms with van der Waals surface area (Å²) >= 11 is 0.